The smallest absolute Gasteiger partial charge is 0.222 e. The molecule has 0 N–H and O–H groups in total. The first-order valence-corrected chi connectivity index (χ1v) is 9.56. The Morgan fingerprint density at radius 3 is 2.81 bits per heavy atom. The summed E-state index contributed by atoms with van der Waals surface area (Å²) in [6.07, 6.45) is 4.09. The molecule has 1 fully saturated rings. The van der Waals surface area contributed by atoms with Crippen LogP contribution in [0.15, 0.2) is 60.8 Å². The first-order chi connectivity index (χ1) is 13.2. The number of carbonyl (C=O) groups is 1. The normalized spacial score (nSPS) is 16.6. The number of nitrogens with zero attached hydrogens (tertiary/aromatic N) is 4. The van der Waals surface area contributed by atoms with E-state index in [1.807, 2.05) is 70.4 Å². The number of halogens is 1. The number of benzene rings is 2. The van der Waals surface area contributed by atoms with Crippen LogP contribution in [0.4, 0.5) is 0 Å². The van der Waals surface area contributed by atoms with Gasteiger partial charge in [0, 0.05) is 30.1 Å². The van der Waals surface area contributed by atoms with Gasteiger partial charge in [0.15, 0.2) is 0 Å². The zero-order valence-corrected chi connectivity index (χ0v) is 15.7. The Balaban J connectivity index is 1.34. The highest BCUT2D eigenvalue weighted by Gasteiger charge is 2.28. The van der Waals surface area contributed by atoms with Crippen molar-refractivity contribution < 1.29 is 4.79 Å². The number of rotatable bonds is 5. The van der Waals surface area contributed by atoms with Gasteiger partial charge in [0.2, 0.25) is 5.91 Å². The molecule has 0 radical (unpaired) electrons. The van der Waals surface area contributed by atoms with Crippen molar-refractivity contribution in [3.05, 3.63) is 71.4 Å². The summed E-state index contributed by atoms with van der Waals surface area (Å²) in [5, 5.41) is 9.28. The lowest BCUT2D eigenvalue weighted by Gasteiger charge is -2.16. The van der Waals surface area contributed by atoms with E-state index >= 15 is 0 Å². The maximum atomic E-state index is 12.6. The quantitative estimate of drug-likeness (QED) is 0.672. The molecule has 1 amide bonds. The Kier molecular flexibility index (Phi) is 5.21. The summed E-state index contributed by atoms with van der Waals surface area (Å²) in [4.78, 5) is 14.5. The standard InChI is InChI=1S/C21H21ClN4O/c22-18-8-4-5-16(13-18)9-10-21(27)25-12-11-19(14-25)26-15-20(23-24-26)17-6-2-1-3-7-17/h1-8,13,15,19H,9-12,14H2/t19-/m0/s1. The topological polar surface area (TPSA) is 51.0 Å². The second-order valence-electron chi connectivity index (χ2n) is 6.86. The van der Waals surface area contributed by atoms with Gasteiger partial charge in [-0.3, -0.25) is 4.79 Å². The average Bonchev–Trinajstić information content (AvgIpc) is 3.36. The summed E-state index contributed by atoms with van der Waals surface area (Å²) in [5.74, 6) is 0.181. The zero-order valence-electron chi connectivity index (χ0n) is 15.0. The third kappa shape index (κ3) is 4.19. The van der Waals surface area contributed by atoms with Gasteiger partial charge in [-0.15, -0.1) is 5.10 Å². The maximum Gasteiger partial charge on any atom is 0.222 e. The van der Waals surface area contributed by atoms with Crippen molar-refractivity contribution in [2.45, 2.75) is 25.3 Å². The molecular weight excluding hydrogens is 360 g/mol. The van der Waals surface area contributed by atoms with E-state index in [1.54, 1.807) is 0 Å². The van der Waals surface area contributed by atoms with Gasteiger partial charge in [0.1, 0.15) is 5.69 Å². The van der Waals surface area contributed by atoms with Crippen molar-refractivity contribution in [3.8, 4) is 11.3 Å². The zero-order chi connectivity index (χ0) is 18.6. The minimum absolute atomic E-state index is 0.181. The summed E-state index contributed by atoms with van der Waals surface area (Å²) in [7, 11) is 0. The van der Waals surface area contributed by atoms with Gasteiger partial charge >= 0.3 is 0 Å². The van der Waals surface area contributed by atoms with Gasteiger partial charge in [0.25, 0.3) is 0 Å². The molecule has 1 atom stereocenters. The lowest BCUT2D eigenvalue weighted by molar-refractivity contribution is -0.130. The number of aromatic nitrogens is 3. The Labute approximate surface area is 163 Å². The molecule has 1 aliphatic heterocycles. The highest BCUT2D eigenvalue weighted by atomic mass is 35.5. The Morgan fingerprint density at radius 2 is 2.00 bits per heavy atom. The van der Waals surface area contributed by atoms with Crippen LogP contribution in [0.25, 0.3) is 11.3 Å². The van der Waals surface area contributed by atoms with E-state index in [4.69, 9.17) is 11.6 Å². The molecule has 5 nitrogen and oxygen atoms in total. The van der Waals surface area contributed by atoms with Crippen molar-refractivity contribution in [2.75, 3.05) is 13.1 Å². The lowest BCUT2D eigenvalue weighted by Crippen LogP contribution is -2.29. The first kappa shape index (κ1) is 17.7. The molecule has 138 valence electrons. The molecule has 1 saturated heterocycles. The average molecular weight is 381 g/mol. The summed E-state index contributed by atoms with van der Waals surface area (Å²) in [6.45, 7) is 1.45. The highest BCUT2D eigenvalue weighted by molar-refractivity contribution is 6.30. The molecule has 0 bridgehead atoms. The van der Waals surface area contributed by atoms with E-state index in [0.717, 1.165) is 29.8 Å². The maximum absolute atomic E-state index is 12.6. The SMILES string of the molecule is O=C(CCc1cccc(Cl)c1)N1CC[C@H](n2cc(-c3ccccc3)nn2)C1. The molecule has 0 saturated carbocycles. The number of hydrogen-bond acceptors (Lipinski definition) is 3. The van der Waals surface area contributed by atoms with E-state index in [0.29, 0.717) is 24.4 Å². The van der Waals surface area contributed by atoms with Crippen LogP contribution < -0.4 is 0 Å². The van der Waals surface area contributed by atoms with Gasteiger partial charge in [0.05, 0.1) is 12.2 Å². The predicted octanol–water partition coefficient (Wildman–Crippen LogP) is 4.00. The molecule has 6 heteroatoms. The van der Waals surface area contributed by atoms with Crippen molar-refractivity contribution in [2.24, 2.45) is 0 Å². The molecule has 27 heavy (non-hydrogen) atoms. The largest absolute Gasteiger partial charge is 0.340 e. The molecule has 0 unspecified atom stereocenters. The fourth-order valence-corrected chi connectivity index (χ4v) is 3.70. The molecule has 2 heterocycles. The lowest BCUT2D eigenvalue weighted by atomic mass is 10.1. The second-order valence-corrected chi connectivity index (χ2v) is 7.30. The highest BCUT2D eigenvalue weighted by Crippen LogP contribution is 2.24. The molecular formula is C21H21ClN4O. The number of likely N-dealkylation sites (tertiary alicyclic amines) is 1. The number of hydrogen-bond donors (Lipinski definition) is 0. The van der Waals surface area contributed by atoms with Gasteiger partial charge in [-0.2, -0.15) is 0 Å². The van der Waals surface area contributed by atoms with Gasteiger partial charge in [-0.05, 0) is 30.5 Å². The van der Waals surface area contributed by atoms with E-state index in [1.165, 1.54) is 0 Å². The predicted molar refractivity (Wildman–Crippen MR) is 105 cm³/mol. The van der Waals surface area contributed by atoms with Crippen LogP contribution in [0.1, 0.15) is 24.4 Å². The Bertz CT molecular complexity index is 925. The van der Waals surface area contributed by atoms with Crippen LogP contribution in [0, 0.1) is 0 Å². The van der Waals surface area contributed by atoms with Crippen molar-refractivity contribution in [1.29, 1.82) is 0 Å². The van der Waals surface area contributed by atoms with Crippen molar-refractivity contribution >= 4 is 17.5 Å². The summed E-state index contributed by atoms with van der Waals surface area (Å²) >= 11 is 6.01. The van der Waals surface area contributed by atoms with E-state index < -0.39 is 0 Å². The second kappa shape index (κ2) is 7.92. The van der Waals surface area contributed by atoms with Crippen LogP contribution in [0.2, 0.25) is 5.02 Å². The number of carbonyl (C=O) groups excluding carboxylic acids is 1. The minimum atomic E-state index is 0.181. The monoisotopic (exact) mass is 380 g/mol. The van der Waals surface area contributed by atoms with E-state index in [-0.39, 0.29) is 11.9 Å². The molecule has 4 rings (SSSR count). The number of amides is 1. The van der Waals surface area contributed by atoms with Gasteiger partial charge in [-0.1, -0.05) is 59.3 Å². The van der Waals surface area contributed by atoms with Crippen molar-refractivity contribution in [3.63, 3.8) is 0 Å². The minimum Gasteiger partial charge on any atom is -0.340 e. The van der Waals surface area contributed by atoms with E-state index in [9.17, 15) is 4.79 Å². The Morgan fingerprint density at radius 1 is 1.15 bits per heavy atom. The summed E-state index contributed by atoms with van der Waals surface area (Å²) in [5.41, 5.74) is 3.01. The van der Waals surface area contributed by atoms with Crippen LogP contribution in [-0.4, -0.2) is 38.9 Å². The third-order valence-corrected chi connectivity index (χ3v) is 5.22. The molecule has 0 aliphatic carbocycles. The molecule has 2 aromatic carbocycles. The molecule has 0 spiro atoms. The third-order valence-electron chi connectivity index (χ3n) is 4.99. The number of aryl methyl sites for hydroxylation is 1. The van der Waals surface area contributed by atoms with Crippen LogP contribution in [-0.2, 0) is 11.2 Å². The molecule has 1 aromatic heterocycles. The molecule has 1 aliphatic rings. The fraction of sp³-hybridized carbons (Fsp3) is 0.286. The summed E-state index contributed by atoms with van der Waals surface area (Å²) < 4.78 is 1.90. The van der Waals surface area contributed by atoms with Gasteiger partial charge < -0.3 is 4.90 Å². The van der Waals surface area contributed by atoms with Crippen LogP contribution in [0.5, 0.6) is 0 Å². The van der Waals surface area contributed by atoms with Gasteiger partial charge in [-0.25, -0.2) is 4.68 Å². The Hall–Kier alpha value is -2.66. The fourth-order valence-electron chi connectivity index (χ4n) is 3.48. The summed E-state index contributed by atoms with van der Waals surface area (Å²) in [6, 6.07) is 17.9. The first-order valence-electron chi connectivity index (χ1n) is 9.18. The molecule has 3 aromatic rings. The van der Waals surface area contributed by atoms with Crippen LogP contribution >= 0.6 is 11.6 Å². The van der Waals surface area contributed by atoms with Crippen LogP contribution in [0.3, 0.4) is 0 Å². The van der Waals surface area contributed by atoms with Crippen molar-refractivity contribution in [1.82, 2.24) is 19.9 Å². The van der Waals surface area contributed by atoms with E-state index in [2.05, 4.69) is 10.3 Å².